The zero-order valence-corrected chi connectivity index (χ0v) is 15.0. The largest absolute Gasteiger partial charge is 0.264 e. The predicted molar refractivity (Wildman–Crippen MR) is 105 cm³/mol. The van der Waals surface area contributed by atoms with Crippen LogP contribution in [-0.2, 0) is 0 Å². The molecule has 0 aliphatic heterocycles. The molecule has 0 aromatic carbocycles. The third kappa shape index (κ3) is 2.54. The summed E-state index contributed by atoms with van der Waals surface area (Å²) < 4.78 is 1.94. The summed E-state index contributed by atoms with van der Waals surface area (Å²) in [6.07, 6.45) is 5.38. The van der Waals surface area contributed by atoms with Gasteiger partial charge in [0.2, 0.25) is 0 Å². The zero-order valence-electron chi connectivity index (χ0n) is 15.0. The summed E-state index contributed by atoms with van der Waals surface area (Å²) >= 11 is 0. The summed E-state index contributed by atoms with van der Waals surface area (Å²) in [4.78, 5) is 18.1. The number of hydrogen-bond donors (Lipinski definition) is 0. The lowest BCUT2D eigenvalue weighted by molar-refractivity contribution is 0.893. The van der Waals surface area contributed by atoms with E-state index in [0.29, 0.717) is 5.65 Å². The van der Waals surface area contributed by atoms with Crippen LogP contribution < -0.4 is 0 Å². The van der Waals surface area contributed by atoms with E-state index >= 15 is 0 Å². The molecule has 6 nitrogen and oxygen atoms in total. The third-order valence-electron chi connectivity index (χ3n) is 4.61. The fourth-order valence-corrected chi connectivity index (χ4v) is 3.32. The number of hydrogen-bond acceptors (Lipinski definition) is 5. The first-order valence-electron chi connectivity index (χ1n) is 8.70. The van der Waals surface area contributed by atoms with E-state index < -0.39 is 0 Å². The Kier molecular flexibility index (Phi) is 3.43. The average molecular weight is 352 g/mol. The highest BCUT2D eigenvalue weighted by molar-refractivity contribution is 5.90. The van der Waals surface area contributed by atoms with E-state index in [2.05, 4.69) is 15.0 Å². The van der Waals surface area contributed by atoms with Crippen LogP contribution in [0.5, 0.6) is 0 Å². The molecular formula is C21H16N6. The summed E-state index contributed by atoms with van der Waals surface area (Å²) in [7, 11) is 0. The van der Waals surface area contributed by atoms with Crippen molar-refractivity contribution in [1.82, 2.24) is 29.7 Å². The van der Waals surface area contributed by atoms with Crippen molar-refractivity contribution in [3.63, 3.8) is 0 Å². The van der Waals surface area contributed by atoms with Gasteiger partial charge in [0, 0.05) is 35.1 Å². The normalized spacial score (nSPS) is 11.3. The van der Waals surface area contributed by atoms with Gasteiger partial charge >= 0.3 is 0 Å². The molecule has 27 heavy (non-hydrogen) atoms. The summed E-state index contributed by atoms with van der Waals surface area (Å²) in [5, 5.41) is 6.73. The minimum atomic E-state index is 0.670. The fraction of sp³-hybridized carbons (Fsp3) is 0.0952. The number of pyridine rings is 4. The third-order valence-corrected chi connectivity index (χ3v) is 4.61. The lowest BCUT2D eigenvalue weighted by Gasteiger charge is -2.10. The lowest BCUT2D eigenvalue weighted by atomic mass is 10.1. The topological polar surface area (TPSA) is 69.4 Å². The number of aromatic nitrogens is 6. The molecule has 0 saturated heterocycles. The van der Waals surface area contributed by atoms with E-state index in [4.69, 9.17) is 10.1 Å². The molecule has 0 spiro atoms. The van der Waals surface area contributed by atoms with E-state index in [9.17, 15) is 0 Å². The Morgan fingerprint density at radius 2 is 1.78 bits per heavy atom. The number of nitrogens with zero attached hydrogens (tertiary/aromatic N) is 6. The summed E-state index contributed by atoms with van der Waals surface area (Å²) in [5.41, 5.74) is 6.07. The van der Waals surface area contributed by atoms with Gasteiger partial charge < -0.3 is 0 Å². The van der Waals surface area contributed by atoms with Crippen LogP contribution in [-0.4, -0.2) is 29.7 Å². The molecule has 5 heterocycles. The molecule has 0 radical (unpaired) electrons. The molecule has 6 heteroatoms. The van der Waals surface area contributed by atoms with E-state index in [1.165, 1.54) is 0 Å². The minimum Gasteiger partial charge on any atom is -0.264 e. The van der Waals surface area contributed by atoms with Crippen molar-refractivity contribution in [3.8, 4) is 17.1 Å². The molecule has 0 bridgehead atoms. The summed E-state index contributed by atoms with van der Waals surface area (Å²) in [6.45, 7) is 3.96. The van der Waals surface area contributed by atoms with Gasteiger partial charge in [0.15, 0.2) is 5.65 Å². The van der Waals surface area contributed by atoms with Gasteiger partial charge in [0.25, 0.3) is 0 Å². The average Bonchev–Trinajstić information content (AvgIpc) is 3.04. The Labute approximate surface area is 155 Å². The first-order chi connectivity index (χ1) is 13.2. The maximum absolute atomic E-state index is 4.76. The number of rotatable bonds is 2. The van der Waals surface area contributed by atoms with Gasteiger partial charge in [-0.15, -0.1) is 0 Å². The molecule has 130 valence electrons. The van der Waals surface area contributed by atoms with Crippen LogP contribution in [0.4, 0.5) is 0 Å². The summed E-state index contributed by atoms with van der Waals surface area (Å²) in [6, 6.07) is 13.9. The smallest absolute Gasteiger partial charge is 0.162 e. The SMILES string of the molecule is Cc1cccc(-c2cc(-n3nc(C)c4cnccc43)c3cccnc3n2)n1. The van der Waals surface area contributed by atoms with Gasteiger partial charge in [-0.25, -0.2) is 14.6 Å². The van der Waals surface area contributed by atoms with E-state index in [0.717, 1.165) is 44.8 Å². The Balaban J connectivity index is 1.85. The van der Waals surface area contributed by atoms with Crippen molar-refractivity contribution in [3.05, 3.63) is 72.4 Å². The van der Waals surface area contributed by atoms with Crippen LogP contribution in [0, 0.1) is 13.8 Å². The first kappa shape index (κ1) is 15.6. The first-order valence-corrected chi connectivity index (χ1v) is 8.70. The van der Waals surface area contributed by atoms with Crippen LogP contribution in [0.15, 0.2) is 61.1 Å². The van der Waals surface area contributed by atoms with Gasteiger partial charge in [-0.1, -0.05) is 6.07 Å². The van der Waals surface area contributed by atoms with Crippen molar-refractivity contribution in [1.29, 1.82) is 0 Å². The van der Waals surface area contributed by atoms with Crippen molar-refractivity contribution in [2.24, 2.45) is 0 Å². The van der Waals surface area contributed by atoms with Crippen molar-refractivity contribution >= 4 is 21.9 Å². The molecule has 0 N–H and O–H groups in total. The Morgan fingerprint density at radius 1 is 0.852 bits per heavy atom. The second kappa shape index (κ2) is 5.95. The Hall–Kier alpha value is -3.67. The zero-order chi connectivity index (χ0) is 18.4. The molecule has 0 aliphatic rings. The maximum Gasteiger partial charge on any atom is 0.162 e. The van der Waals surface area contributed by atoms with Crippen LogP contribution in [0.3, 0.4) is 0 Å². The quantitative estimate of drug-likeness (QED) is 0.479. The Bertz CT molecular complexity index is 1300. The van der Waals surface area contributed by atoms with E-state index in [1.54, 1.807) is 12.4 Å². The standard InChI is InChI=1S/C21H16N6/c1-13-5-3-7-17(24-13)18-11-20(15-6-4-9-23-21(15)25-18)27-19-8-10-22-12-16(19)14(2)26-27/h3-12H,1-2H3. The predicted octanol–water partition coefficient (Wildman–Crippen LogP) is 4.04. The van der Waals surface area contributed by atoms with Crippen LogP contribution >= 0.6 is 0 Å². The molecule has 0 fully saturated rings. The minimum absolute atomic E-state index is 0.670. The monoisotopic (exact) mass is 352 g/mol. The van der Waals surface area contributed by atoms with Gasteiger partial charge in [0.05, 0.1) is 28.3 Å². The highest BCUT2D eigenvalue weighted by atomic mass is 15.3. The van der Waals surface area contributed by atoms with Crippen molar-refractivity contribution in [2.45, 2.75) is 13.8 Å². The van der Waals surface area contributed by atoms with Crippen LogP contribution in [0.1, 0.15) is 11.4 Å². The molecule has 5 aromatic rings. The van der Waals surface area contributed by atoms with Crippen LogP contribution in [0.25, 0.3) is 39.0 Å². The number of aryl methyl sites for hydroxylation is 2. The van der Waals surface area contributed by atoms with E-state index in [1.807, 2.05) is 67.2 Å². The van der Waals surface area contributed by atoms with Gasteiger partial charge in [-0.3, -0.25) is 9.97 Å². The number of fused-ring (bicyclic) bond motifs is 2. The molecular weight excluding hydrogens is 336 g/mol. The summed E-state index contributed by atoms with van der Waals surface area (Å²) in [5.74, 6) is 0. The molecule has 0 atom stereocenters. The van der Waals surface area contributed by atoms with E-state index in [-0.39, 0.29) is 0 Å². The molecule has 0 amide bonds. The lowest BCUT2D eigenvalue weighted by Crippen LogP contribution is -2.01. The highest BCUT2D eigenvalue weighted by Crippen LogP contribution is 2.28. The van der Waals surface area contributed by atoms with Crippen molar-refractivity contribution < 1.29 is 0 Å². The molecule has 0 aliphatic carbocycles. The fourth-order valence-electron chi connectivity index (χ4n) is 3.32. The second-order valence-corrected chi connectivity index (χ2v) is 6.46. The maximum atomic E-state index is 4.76. The van der Waals surface area contributed by atoms with Gasteiger partial charge in [0.1, 0.15) is 0 Å². The highest BCUT2D eigenvalue weighted by Gasteiger charge is 2.15. The molecule has 5 rings (SSSR count). The molecule has 0 saturated carbocycles. The molecule has 0 unspecified atom stereocenters. The molecule has 5 aromatic heterocycles. The second-order valence-electron chi connectivity index (χ2n) is 6.46. The Morgan fingerprint density at radius 3 is 2.67 bits per heavy atom. The van der Waals surface area contributed by atoms with Gasteiger partial charge in [-0.05, 0) is 50.2 Å². The van der Waals surface area contributed by atoms with Crippen LogP contribution in [0.2, 0.25) is 0 Å². The van der Waals surface area contributed by atoms with Crippen molar-refractivity contribution in [2.75, 3.05) is 0 Å². The van der Waals surface area contributed by atoms with Gasteiger partial charge in [-0.2, -0.15) is 5.10 Å².